The number of carboxylic acids is 1. The molecule has 0 aromatic heterocycles. The largest absolute Gasteiger partial charge is 0.481 e. The number of carboxylic acid groups (broad SMARTS) is 1. The molecule has 0 radical (unpaired) electrons. The summed E-state index contributed by atoms with van der Waals surface area (Å²) >= 11 is 0. The van der Waals surface area contributed by atoms with Crippen LogP contribution in [0.5, 0.6) is 0 Å². The van der Waals surface area contributed by atoms with Crippen LogP contribution in [0.25, 0.3) is 0 Å². The van der Waals surface area contributed by atoms with Crippen LogP contribution < -0.4 is 0 Å². The molecule has 0 bridgehead atoms. The quantitative estimate of drug-likeness (QED) is 0.889. The maximum Gasteiger partial charge on any atom is 0.310 e. The van der Waals surface area contributed by atoms with Crippen molar-refractivity contribution in [2.24, 2.45) is 5.41 Å². The Morgan fingerprint density at radius 1 is 1.44 bits per heavy atom. The third kappa shape index (κ3) is 2.72. The molecule has 1 aliphatic rings. The second kappa shape index (κ2) is 5.11. The lowest BCUT2D eigenvalue weighted by molar-refractivity contribution is -0.147. The number of aliphatic carboxylic acids is 1. The number of benzene rings is 1. The zero-order valence-electron chi connectivity index (χ0n) is 11.1. The van der Waals surface area contributed by atoms with Crippen LogP contribution in [0.15, 0.2) is 30.3 Å². The minimum Gasteiger partial charge on any atom is -0.481 e. The van der Waals surface area contributed by atoms with Gasteiger partial charge >= 0.3 is 5.97 Å². The monoisotopic (exact) mass is 247 g/mol. The highest BCUT2D eigenvalue weighted by atomic mass is 16.4. The number of hydrogen-bond acceptors (Lipinski definition) is 2. The average molecular weight is 247 g/mol. The molecule has 1 N–H and O–H groups in total. The normalized spacial score (nSPS) is 26.1. The van der Waals surface area contributed by atoms with E-state index >= 15 is 0 Å². The van der Waals surface area contributed by atoms with E-state index in [1.807, 2.05) is 13.0 Å². The Balaban J connectivity index is 1.94. The lowest BCUT2D eigenvalue weighted by Gasteiger charge is -2.23. The van der Waals surface area contributed by atoms with Gasteiger partial charge < -0.3 is 10.0 Å². The predicted octanol–water partition coefficient (Wildman–Crippen LogP) is 2.59. The summed E-state index contributed by atoms with van der Waals surface area (Å²) in [5.74, 6) is -0.222. The van der Waals surface area contributed by atoms with E-state index in [-0.39, 0.29) is 0 Å². The second-order valence-corrected chi connectivity index (χ2v) is 5.66. The Morgan fingerprint density at radius 2 is 2.11 bits per heavy atom. The van der Waals surface area contributed by atoms with Gasteiger partial charge in [0.2, 0.25) is 0 Å². The number of hydrogen-bond donors (Lipinski definition) is 1. The molecular weight excluding hydrogens is 226 g/mol. The molecule has 0 amide bonds. The molecule has 0 saturated carbocycles. The zero-order valence-corrected chi connectivity index (χ0v) is 11.1. The topological polar surface area (TPSA) is 40.5 Å². The molecule has 0 spiro atoms. The van der Waals surface area contributed by atoms with Gasteiger partial charge in [-0.15, -0.1) is 0 Å². The Bertz CT molecular complexity index is 418. The first kappa shape index (κ1) is 13.1. The van der Waals surface area contributed by atoms with Gasteiger partial charge in [0.25, 0.3) is 0 Å². The van der Waals surface area contributed by atoms with E-state index in [9.17, 15) is 9.90 Å². The first-order valence-electron chi connectivity index (χ1n) is 6.52. The van der Waals surface area contributed by atoms with Crippen LogP contribution in [0.4, 0.5) is 0 Å². The van der Waals surface area contributed by atoms with Crippen molar-refractivity contribution in [2.75, 3.05) is 19.6 Å². The summed E-state index contributed by atoms with van der Waals surface area (Å²) in [6.07, 6.45) is 0.754. The molecule has 98 valence electrons. The van der Waals surface area contributed by atoms with Crippen LogP contribution in [0.2, 0.25) is 0 Å². The Hall–Kier alpha value is -1.35. The van der Waals surface area contributed by atoms with Gasteiger partial charge in [-0.2, -0.15) is 0 Å². The predicted molar refractivity (Wildman–Crippen MR) is 71.7 cm³/mol. The first-order valence-corrected chi connectivity index (χ1v) is 6.52. The van der Waals surface area contributed by atoms with Crippen molar-refractivity contribution >= 4 is 5.97 Å². The zero-order chi connectivity index (χ0) is 13.2. The van der Waals surface area contributed by atoms with Gasteiger partial charge in [0.1, 0.15) is 0 Å². The molecular formula is C15H21NO2. The lowest BCUT2D eigenvalue weighted by Crippen LogP contribution is -2.33. The Kier molecular flexibility index (Phi) is 3.71. The third-order valence-corrected chi connectivity index (χ3v) is 3.97. The van der Waals surface area contributed by atoms with Crippen LogP contribution in [-0.2, 0) is 4.79 Å². The maximum absolute atomic E-state index is 11.2. The molecule has 0 aliphatic carbocycles. The molecule has 1 heterocycles. The molecule has 1 saturated heterocycles. The lowest BCUT2D eigenvalue weighted by atomic mass is 9.90. The molecule has 2 rings (SSSR count). The first-order chi connectivity index (χ1) is 8.51. The standard InChI is InChI=1S/C15H21NO2/c1-12(13-6-4-3-5-7-13)10-16-9-8-15(2,11-16)14(17)18/h3-7,12H,8-11H2,1-2H3,(H,17,18). The van der Waals surface area contributed by atoms with Crippen LogP contribution in [-0.4, -0.2) is 35.6 Å². The number of carbonyl (C=O) groups is 1. The molecule has 1 fully saturated rings. The molecule has 18 heavy (non-hydrogen) atoms. The van der Waals surface area contributed by atoms with E-state index in [0.29, 0.717) is 12.5 Å². The smallest absolute Gasteiger partial charge is 0.310 e. The highest BCUT2D eigenvalue weighted by Gasteiger charge is 2.40. The molecule has 2 unspecified atom stereocenters. The van der Waals surface area contributed by atoms with Crippen LogP contribution in [0.1, 0.15) is 31.7 Å². The summed E-state index contributed by atoms with van der Waals surface area (Å²) in [5, 5.41) is 9.21. The van der Waals surface area contributed by atoms with E-state index in [4.69, 9.17) is 0 Å². The highest BCUT2D eigenvalue weighted by molar-refractivity contribution is 5.74. The third-order valence-electron chi connectivity index (χ3n) is 3.97. The minimum absolute atomic E-state index is 0.447. The summed E-state index contributed by atoms with van der Waals surface area (Å²) in [7, 11) is 0. The van der Waals surface area contributed by atoms with E-state index in [0.717, 1.165) is 19.5 Å². The molecule has 1 aromatic carbocycles. The van der Waals surface area contributed by atoms with Crippen LogP contribution in [0.3, 0.4) is 0 Å². The fourth-order valence-electron chi connectivity index (χ4n) is 2.66. The van der Waals surface area contributed by atoms with Gasteiger partial charge in [-0.25, -0.2) is 0 Å². The summed E-state index contributed by atoms with van der Waals surface area (Å²) in [6, 6.07) is 10.4. The molecule has 3 heteroatoms. The van der Waals surface area contributed by atoms with E-state index in [1.54, 1.807) is 0 Å². The van der Waals surface area contributed by atoms with E-state index in [2.05, 4.69) is 36.1 Å². The Labute approximate surface area is 108 Å². The van der Waals surface area contributed by atoms with Crippen molar-refractivity contribution < 1.29 is 9.90 Å². The van der Waals surface area contributed by atoms with Crippen molar-refractivity contribution in [2.45, 2.75) is 26.2 Å². The molecule has 1 aliphatic heterocycles. The summed E-state index contributed by atoms with van der Waals surface area (Å²) in [4.78, 5) is 13.5. The van der Waals surface area contributed by atoms with E-state index < -0.39 is 11.4 Å². The summed E-state index contributed by atoms with van der Waals surface area (Å²) in [6.45, 7) is 6.54. The number of rotatable bonds is 4. The molecule has 1 aromatic rings. The number of nitrogens with zero attached hydrogens (tertiary/aromatic N) is 1. The van der Waals surface area contributed by atoms with Gasteiger partial charge in [-0.3, -0.25) is 4.79 Å². The van der Waals surface area contributed by atoms with Crippen molar-refractivity contribution in [3.05, 3.63) is 35.9 Å². The minimum atomic E-state index is -0.669. The molecule has 3 nitrogen and oxygen atoms in total. The molecule has 2 atom stereocenters. The van der Waals surface area contributed by atoms with Crippen molar-refractivity contribution in [3.8, 4) is 0 Å². The van der Waals surface area contributed by atoms with Crippen LogP contribution >= 0.6 is 0 Å². The van der Waals surface area contributed by atoms with Gasteiger partial charge in [0.05, 0.1) is 5.41 Å². The van der Waals surface area contributed by atoms with Gasteiger partial charge in [0, 0.05) is 13.1 Å². The van der Waals surface area contributed by atoms with Gasteiger partial charge in [0.15, 0.2) is 0 Å². The fraction of sp³-hybridized carbons (Fsp3) is 0.533. The van der Waals surface area contributed by atoms with Crippen LogP contribution in [0, 0.1) is 5.41 Å². The van der Waals surface area contributed by atoms with Crippen molar-refractivity contribution in [1.29, 1.82) is 0 Å². The highest BCUT2D eigenvalue weighted by Crippen LogP contribution is 2.31. The van der Waals surface area contributed by atoms with Gasteiger partial charge in [-0.1, -0.05) is 37.3 Å². The van der Waals surface area contributed by atoms with Crippen molar-refractivity contribution in [3.63, 3.8) is 0 Å². The average Bonchev–Trinajstić information content (AvgIpc) is 2.73. The summed E-state index contributed by atoms with van der Waals surface area (Å²) < 4.78 is 0. The summed E-state index contributed by atoms with van der Waals surface area (Å²) in [5.41, 5.74) is 0.762. The maximum atomic E-state index is 11.2. The Morgan fingerprint density at radius 3 is 2.67 bits per heavy atom. The number of likely N-dealkylation sites (tertiary alicyclic amines) is 1. The SMILES string of the molecule is CC(CN1CCC(C)(C(=O)O)C1)c1ccccc1. The van der Waals surface area contributed by atoms with E-state index in [1.165, 1.54) is 5.56 Å². The fourth-order valence-corrected chi connectivity index (χ4v) is 2.66. The van der Waals surface area contributed by atoms with Crippen molar-refractivity contribution in [1.82, 2.24) is 4.90 Å². The second-order valence-electron chi connectivity index (χ2n) is 5.66. The van der Waals surface area contributed by atoms with Gasteiger partial charge in [-0.05, 0) is 31.4 Å².